The van der Waals surface area contributed by atoms with Gasteiger partial charge in [0.1, 0.15) is 11.6 Å². The zero-order chi connectivity index (χ0) is 21.0. The highest BCUT2D eigenvalue weighted by molar-refractivity contribution is 5.62. The number of nitrogens with two attached hydrogens (primary N) is 1. The minimum absolute atomic E-state index is 0.0878. The van der Waals surface area contributed by atoms with Crippen LogP contribution < -0.4 is 10.5 Å². The Bertz CT molecular complexity index is 1030. The molecule has 2 N–H and O–H groups in total. The molecule has 0 aliphatic carbocycles. The molecule has 0 radical (unpaired) electrons. The Kier molecular flexibility index (Phi) is 4.45. The molecule has 2 aromatic rings. The first-order valence-corrected chi connectivity index (χ1v) is 8.76. The van der Waals surface area contributed by atoms with E-state index in [0.29, 0.717) is 28.3 Å². The number of ether oxygens (including phenoxy) is 1. The zero-order valence-corrected chi connectivity index (χ0v) is 16.3. The van der Waals surface area contributed by atoms with Gasteiger partial charge in [0.2, 0.25) is 11.8 Å². The predicted molar refractivity (Wildman–Crippen MR) is 97.2 cm³/mol. The molecule has 0 fully saturated rings. The van der Waals surface area contributed by atoms with Crippen LogP contribution in [0.1, 0.15) is 41.8 Å². The Balaban J connectivity index is 2.50. The van der Waals surface area contributed by atoms with Gasteiger partial charge in [-0.05, 0) is 37.5 Å². The fourth-order valence-electron chi connectivity index (χ4n) is 4.20. The Labute approximate surface area is 161 Å². The van der Waals surface area contributed by atoms with Crippen LogP contribution in [0.4, 0.5) is 13.2 Å². The SMILES string of the molecule is Cc1cc(C(F)(F)F)cc(C2(C(C)C)C(C#N)=C(N)Oc3c2c(C)nn3C)c1. The number of hydrogen-bond acceptors (Lipinski definition) is 4. The highest BCUT2D eigenvalue weighted by atomic mass is 19.4. The number of fused-ring (bicyclic) bond motifs is 1. The summed E-state index contributed by atoms with van der Waals surface area (Å²) >= 11 is 0. The summed E-state index contributed by atoms with van der Waals surface area (Å²) in [4.78, 5) is 0. The van der Waals surface area contributed by atoms with E-state index in [1.165, 1.54) is 4.68 Å². The standard InChI is InChI=1S/C20H21F3N4O/c1-10(2)19(13-6-11(3)7-14(8-13)20(21,22)23)15(9-24)17(25)28-18-16(19)12(4)26-27(18)5/h6-8,10H,25H2,1-5H3. The Morgan fingerprint density at radius 1 is 1.25 bits per heavy atom. The highest BCUT2D eigenvalue weighted by Gasteiger charge is 2.51. The number of rotatable bonds is 2. The van der Waals surface area contributed by atoms with Crippen molar-refractivity contribution in [1.29, 1.82) is 5.26 Å². The summed E-state index contributed by atoms with van der Waals surface area (Å²) in [6.45, 7) is 7.04. The van der Waals surface area contributed by atoms with Crippen molar-refractivity contribution < 1.29 is 17.9 Å². The summed E-state index contributed by atoms with van der Waals surface area (Å²) in [5, 5.41) is 14.3. The molecule has 1 aliphatic rings. The number of aryl methyl sites for hydroxylation is 3. The predicted octanol–water partition coefficient (Wildman–Crippen LogP) is 4.08. The molecule has 1 aromatic heterocycles. The molecule has 0 spiro atoms. The number of halogens is 3. The normalized spacial score (nSPS) is 19.4. The Hall–Kier alpha value is -2.95. The zero-order valence-electron chi connectivity index (χ0n) is 16.3. The van der Waals surface area contributed by atoms with Gasteiger partial charge in [0, 0.05) is 7.05 Å². The molecule has 5 nitrogen and oxygen atoms in total. The van der Waals surface area contributed by atoms with Crippen molar-refractivity contribution in [2.24, 2.45) is 18.7 Å². The average molecular weight is 390 g/mol. The minimum atomic E-state index is -4.51. The van der Waals surface area contributed by atoms with E-state index in [2.05, 4.69) is 11.2 Å². The molecule has 1 unspecified atom stereocenters. The monoisotopic (exact) mass is 390 g/mol. The van der Waals surface area contributed by atoms with Crippen LogP contribution in [-0.2, 0) is 18.6 Å². The maximum absolute atomic E-state index is 13.5. The van der Waals surface area contributed by atoms with Crippen molar-refractivity contribution in [3.05, 3.63) is 57.6 Å². The number of nitrogens with zero attached hydrogens (tertiary/aromatic N) is 3. The molecule has 3 rings (SSSR count). The number of aromatic nitrogens is 2. The van der Waals surface area contributed by atoms with Crippen molar-refractivity contribution in [2.45, 2.75) is 39.3 Å². The van der Waals surface area contributed by atoms with Crippen LogP contribution >= 0.6 is 0 Å². The van der Waals surface area contributed by atoms with Crippen LogP contribution in [0.3, 0.4) is 0 Å². The molecule has 0 amide bonds. The molecular formula is C20H21F3N4O. The van der Waals surface area contributed by atoms with Crippen LogP contribution in [0, 0.1) is 31.1 Å². The van der Waals surface area contributed by atoms with Crippen LogP contribution in [0.2, 0.25) is 0 Å². The Morgan fingerprint density at radius 3 is 2.43 bits per heavy atom. The van der Waals surface area contributed by atoms with Crippen molar-refractivity contribution in [3.63, 3.8) is 0 Å². The molecule has 0 saturated carbocycles. The third-order valence-electron chi connectivity index (χ3n) is 5.25. The van der Waals surface area contributed by atoms with Gasteiger partial charge in [0.05, 0.1) is 22.2 Å². The third-order valence-corrected chi connectivity index (χ3v) is 5.25. The van der Waals surface area contributed by atoms with Crippen LogP contribution in [-0.4, -0.2) is 9.78 Å². The summed E-state index contributed by atoms with van der Waals surface area (Å²) in [5.41, 5.74) is 6.09. The van der Waals surface area contributed by atoms with Gasteiger partial charge in [-0.3, -0.25) is 0 Å². The maximum atomic E-state index is 13.5. The van der Waals surface area contributed by atoms with Crippen molar-refractivity contribution in [2.75, 3.05) is 0 Å². The Morgan fingerprint density at radius 2 is 1.89 bits per heavy atom. The number of hydrogen-bond donors (Lipinski definition) is 1. The largest absolute Gasteiger partial charge is 0.422 e. The molecule has 1 atom stereocenters. The average Bonchev–Trinajstić information content (AvgIpc) is 2.86. The van der Waals surface area contributed by atoms with E-state index in [-0.39, 0.29) is 17.4 Å². The van der Waals surface area contributed by atoms with E-state index < -0.39 is 17.2 Å². The highest BCUT2D eigenvalue weighted by Crippen LogP contribution is 2.53. The topological polar surface area (TPSA) is 76.9 Å². The quantitative estimate of drug-likeness (QED) is 0.838. The summed E-state index contributed by atoms with van der Waals surface area (Å²) in [7, 11) is 1.67. The van der Waals surface area contributed by atoms with Crippen LogP contribution in [0.25, 0.3) is 0 Å². The molecule has 28 heavy (non-hydrogen) atoms. The van der Waals surface area contributed by atoms with Gasteiger partial charge in [0.15, 0.2) is 0 Å². The molecule has 2 heterocycles. The van der Waals surface area contributed by atoms with E-state index in [9.17, 15) is 18.4 Å². The fraction of sp³-hybridized carbons (Fsp3) is 0.400. The van der Waals surface area contributed by atoms with Gasteiger partial charge in [-0.25, -0.2) is 4.68 Å². The van der Waals surface area contributed by atoms with Crippen molar-refractivity contribution >= 4 is 0 Å². The van der Waals surface area contributed by atoms with Gasteiger partial charge in [-0.1, -0.05) is 25.5 Å². The van der Waals surface area contributed by atoms with E-state index in [0.717, 1.165) is 12.1 Å². The smallest absolute Gasteiger partial charge is 0.416 e. The second-order valence-electron chi connectivity index (χ2n) is 7.39. The maximum Gasteiger partial charge on any atom is 0.416 e. The van der Waals surface area contributed by atoms with E-state index >= 15 is 0 Å². The molecule has 8 heteroatoms. The minimum Gasteiger partial charge on any atom is -0.422 e. The first-order valence-electron chi connectivity index (χ1n) is 8.76. The molecule has 1 aliphatic heterocycles. The molecule has 0 bridgehead atoms. The molecular weight excluding hydrogens is 369 g/mol. The summed E-state index contributed by atoms with van der Waals surface area (Å²) < 4.78 is 47.7. The van der Waals surface area contributed by atoms with Crippen molar-refractivity contribution in [3.8, 4) is 11.9 Å². The lowest BCUT2D eigenvalue weighted by Crippen LogP contribution is -2.41. The first kappa shape index (κ1) is 19.8. The first-order chi connectivity index (χ1) is 12.9. The lowest BCUT2D eigenvalue weighted by molar-refractivity contribution is -0.137. The fourth-order valence-corrected chi connectivity index (χ4v) is 4.20. The molecule has 1 aromatic carbocycles. The molecule has 0 saturated heterocycles. The number of allylic oxidation sites excluding steroid dienone is 1. The summed E-state index contributed by atoms with van der Waals surface area (Å²) in [5.74, 6) is -0.0892. The third kappa shape index (κ3) is 2.65. The number of nitriles is 1. The number of alkyl halides is 3. The molecule has 148 valence electrons. The van der Waals surface area contributed by atoms with E-state index in [1.807, 2.05) is 13.8 Å². The van der Waals surface area contributed by atoms with Crippen LogP contribution in [0.15, 0.2) is 29.7 Å². The summed E-state index contributed by atoms with van der Waals surface area (Å²) in [6.07, 6.45) is -4.51. The van der Waals surface area contributed by atoms with Gasteiger partial charge in [0.25, 0.3) is 0 Å². The van der Waals surface area contributed by atoms with Gasteiger partial charge in [-0.2, -0.15) is 23.5 Å². The summed E-state index contributed by atoms with van der Waals surface area (Å²) in [6, 6.07) is 5.95. The van der Waals surface area contributed by atoms with E-state index in [4.69, 9.17) is 10.5 Å². The second kappa shape index (κ2) is 6.30. The lowest BCUT2D eigenvalue weighted by Gasteiger charge is -2.41. The lowest BCUT2D eigenvalue weighted by atomic mass is 9.61. The van der Waals surface area contributed by atoms with Crippen LogP contribution in [0.5, 0.6) is 5.88 Å². The van der Waals surface area contributed by atoms with Gasteiger partial charge >= 0.3 is 6.18 Å². The second-order valence-corrected chi connectivity index (χ2v) is 7.39. The number of benzene rings is 1. The van der Waals surface area contributed by atoms with Gasteiger partial charge < -0.3 is 10.5 Å². The van der Waals surface area contributed by atoms with Gasteiger partial charge in [-0.15, -0.1) is 0 Å². The van der Waals surface area contributed by atoms with E-state index in [1.54, 1.807) is 27.0 Å². The van der Waals surface area contributed by atoms with Crippen molar-refractivity contribution in [1.82, 2.24) is 9.78 Å².